The molecule has 4 rings (SSSR count). The van der Waals surface area contributed by atoms with Crippen LogP contribution in [-0.4, -0.2) is 24.3 Å². The molecule has 1 heterocycles. The van der Waals surface area contributed by atoms with Crippen molar-refractivity contribution in [1.82, 2.24) is 5.16 Å². The van der Waals surface area contributed by atoms with Gasteiger partial charge in [-0.15, -0.1) is 0 Å². The monoisotopic (exact) mass is 502 g/mol. The molecule has 8 heteroatoms. The lowest BCUT2D eigenvalue weighted by Crippen LogP contribution is -2.17. The van der Waals surface area contributed by atoms with Crippen molar-refractivity contribution in [2.45, 2.75) is 32.8 Å². The van der Waals surface area contributed by atoms with E-state index in [0.29, 0.717) is 23.6 Å². The van der Waals surface area contributed by atoms with Crippen LogP contribution < -0.4 is 5.32 Å². The summed E-state index contributed by atoms with van der Waals surface area (Å²) in [5.74, 6) is -0.335. The predicted octanol–water partition coefficient (Wildman–Crippen LogP) is 6.41. The van der Waals surface area contributed by atoms with E-state index in [-0.39, 0.29) is 18.0 Å². The Hall–Kier alpha value is -4.46. The van der Waals surface area contributed by atoms with Gasteiger partial charge in [0.1, 0.15) is 23.3 Å². The summed E-state index contributed by atoms with van der Waals surface area (Å²) in [6.07, 6.45) is -0.622. The smallest absolute Gasteiger partial charge is 0.412 e. The molecule has 0 saturated heterocycles. The van der Waals surface area contributed by atoms with E-state index in [4.69, 9.17) is 14.0 Å². The normalized spacial score (nSPS) is 11.6. The lowest BCUT2D eigenvalue weighted by Gasteiger charge is -2.15. The number of aryl methyl sites for hydroxylation is 1. The van der Waals surface area contributed by atoms with Crippen LogP contribution in [0.4, 0.5) is 14.9 Å². The van der Waals surface area contributed by atoms with E-state index in [9.17, 15) is 14.0 Å². The van der Waals surface area contributed by atoms with E-state index in [0.717, 1.165) is 22.3 Å². The van der Waals surface area contributed by atoms with E-state index in [2.05, 4.69) is 10.5 Å². The number of amides is 1. The summed E-state index contributed by atoms with van der Waals surface area (Å²) < 4.78 is 29.6. The van der Waals surface area contributed by atoms with Gasteiger partial charge in [0.25, 0.3) is 0 Å². The second-order valence-corrected chi connectivity index (χ2v) is 8.61. The molecular formula is C29H27FN2O5. The lowest BCUT2D eigenvalue weighted by molar-refractivity contribution is -0.139. The number of halogens is 1. The summed E-state index contributed by atoms with van der Waals surface area (Å²) >= 11 is 0. The minimum Gasteiger partial charge on any atom is -0.469 e. The van der Waals surface area contributed by atoms with Gasteiger partial charge < -0.3 is 14.0 Å². The Bertz CT molecular complexity index is 1400. The van der Waals surface area contributed by atoms with E-state index in [1.165, 1.54) is 13.2 Å². The molecule has 0 bridgehead atoms. The second kappa shape index (κ2) is 11.5. The lowest BCUT2D eigenvalue weighted by atomic mass is 10.00. The molecule has 1 unspecified atom stereocenters. The Morgan fingerprint density at radius 3 is 2.46 bits per heavy atom. The fraction of sp³-hybridized carbons (Fsp3) is 0.207. The van der Waals surface area contributed by atoms with Crippen molar-refractivity contribution in [2.24, 2.45) is 0 Å². The van der Waals surface area contributed by atoms with Crippen LogP contribution in [0.3, 0.4) is 0 Å². The molecule has 1 aromatic heterocycles. The SMILES string of the molecule is COC(=O)Cc1cccc(Cc2ccc(-c3onc(C)c3NC(=O)OC(C)c3ccccc3F)cc2)c1. The number of methoxy groups -OCH3 is 1. The number of esters is 1. The van der Waals surface area contributed by atoms with Gasteiger partial charge in [-0.25, -0.2) is 9.18 Å². The molecule has 37 heavy (non-hydrogen) atoms. The highest BCUT2D eigenvalue weighted by Gasteiger charge is 2.21. The summed E-state index contributed by atoms with van der Waals surface area (Å²) in [5, 5.41) is 6.67. The first-order valence-corrected chi connectivity index (χ1v) is 11.8. The van der Waals surface area contributed by atoms with Gasteiger partial charge in [0.2, 0.25) is 0 Å². The van der Waals surface area contributed by atoms with Gasteiger partial charge in [-0.1, -0.05) is 71.9 Å². The van der Waals surface area contributed by atoms with Crippen LogP contribution in [0.15, 0.2) is 77.3 Å². The summed E-state index contributed by atoms with van der Waals surface area (Å²) in [6, 6.07) is 21.6. The molecule has 1 N–H and O–H groups in total. The molecule has 0 fully saturated rings. The zero-order valence-electron chi connectivity index (χ0n) is 20.8. The maximum Gasteiger partial charge on any atom is 0.412 e. The molecule has 0 aliphatic carbocycles. The van der Waals surface area contributed by atoms with Crippen molar-refractivity contribution in [3.63, 3.8) is 0 Å². The largest absolute Gasteiger partial charge is 0.469 e. The van der Waals surface area contributed by atoms with Crippen molar-refractivity contribution < 1.29 is 28.0 Å². The molecule has 0 saturated carbocycles. The third-order valence-electron chi connectivity index (χ3n) is 5.91. The highest BCUT2D eigenvalue weighted by molar-refractivity contribution is 5.90. The van der Waals surface area contributed by atoms with Gasteiger partial charge in [0.05, 0.1) is 13.5 Å². The van der Waals surface area contributed by atoms with Gasteiger partial charge in [-0.2, -0.15) is 0 Å². The van der Waals surface area contributed by atoms with Crippen LogP contribution in [0, 0.1) is 12.7 Å². The van der Waals surface area contributed by atoms with Gasteiger partial charge in [-0.05, 0) is 43.0 Å². The number of ether oxygens (including phenoxy) is 2. The number of nitrogens with one attached hydrogen (secondary N) is 1. The molecule has 7 nitrogen and oxygen atoms in total. The maximum absolute atomic E-state index is 14.0. The van der Waals surface area contributed by atoms with Gasteiger partial charge in [0.15, 0.2) is 5.76 Å². The Balaban J connectivity index is 1.44. The third kappa shape index (κ3) is 6.41. The van der Waals surface area contributed by atoms with Gasteiger partial charge >= 0.3 is 12.1 Å². The van der Waals surface area contributed by atoms with Crippen molar-refractivity contribution >= 4 is 17.7 Å². The highest BCUT2D eigenvalue weighted by Crippen LogP contribution is 2.32. The Morgan fingerprint density at radius 2 is 1.73 bits per heavy atom. The van der Waals surface area contributed by atoms with Crippen molar-refractivity contribution in [3.8, 4) is 11.3 Å². The third-order valence-corrected chi connectivity index (χ3v) is 5.91. The number of carbonyl (C=O) groups excluding carboxylic acids is 2. The quantitative estimate of drug-likeness (QED) is 0.280. The maximum atomic E-state index is 14.0. The Morgan fingerprint density at radius 1 is 1.00 bits per heavy atom. The Kier molecular flexibility index (Phi) is 7.98. The van der Waals surface area contributed by atoms with Gasteiger partial charge in [0, 0.05) is 11.1 Å². The topological polar surface area (TPSA) is 90.7 Å². The molecule has 1 atom stereocenters. The van der Waals surface area contributed by atoms with Crippen molar-refractivity contribution in [3.05, 3.63) is 107 Å². The van der Waals surface area contributed by atoms with Crippen LogP contribution in [-0.2, 0) is 27.1 Å². The number of anilines is 1. The molecule has 0 aliphatic heterocycles. The van der Waals surface area contributed by atoms with Crippen LogP contribution in [0.2, 0.25) is 0 Å². The number of rotatable bonds is 8. The average Bonchev–Trinajstić information content (AvgIpc) is 3.24. The minimum atomic E-state index is -0.782. The van der Waals surface area contributed by atoms with E-state index in [1.807, 2.05) is 48.5 Å². The fourth-order valence-electron chi connectivity index (χ4n) is 3.97. The molecule has 0 radical (unpaired) electrons. The van der Waals surface area contributed by atoms with Crippen LogP contribution >= 0.6 is 0 Å². The number of nitrogens with zero attached hydrogens (tertiary/aromatic N) is 1. The highest BCUT2D eigenvalue weighted by atomic mass is 19.1. The summed E-state index contributed by atoms with van der Waals surface area (Å²) in [6.45, 7) is 3.31. The zero-order valence-corrected chi connectivity index (χ0v) is 20.8. The first kappa shape index (κ1) is 25.6. The van der Waals surface area contributed by atoms with E-state index in [1.54, 1.807) is 32.0 Å². The van der Waals surface area contributed by atoms with E-state index >= 15 is 0 Å². The standard InChI is InChI=1S/C29H27FN2O5/c1-18-27(31-29(34)36-19(2)24-9-4-5-10-25(24)30)28(37-32-18)23-13-11-20(12-14-23)15-21-7-6-8-22(16-21)17-26(33)35-3/h4-14,16,19H,15,17H2,1-3H3,(H,31,34). The van der Waals surface area contributed by atoms with Crippen LogP contribution in [0.5, 0.6) is 0 Å². The minimum absolute atomic E-state index is 0.228. The zero-order chi connectivity index (χ0) is 26.4. The molecule has 0 spiro atoms. The summed E-state index contributed by atoms with van der Waals surface area (Å²) in [7, 11) is 1.38. The van der Waals surface area contributed by atoms with Crippen molar-refractivity contribution in [1.29, 1.82) is 0 Å². The predicted molar refractivity (Wildman–Crippen MR) is 137 cm³/mol. The van der Waals surface area contributed by atoms with Crippen LogP contribution in [0.1, 0.15) is 41.0 Å². The van der Waals surface area contributed by atoms with Crippen LogP contribution in [0.25, 0.3) is 11.3 Å². The number of hydrogen-bond acceptors (Lipinski definition) is 6. The number of aromatic nitrogens is 1. The van der Waals surface area contributed by atoms with Gasteiger partial charge in [-0.3, -0.25) is 10.1 Å². The molecular weight excluding hydrogens is 475 g/mol. The number of hydrogen-bond donors (Lipinski definition) is 1. The average molecular weight is 503 g/mol. The number of benzene rings is 3. The molecule has 190 valence electrons. The number of carbonyl (C=O) groups is 2. The van der Waals surface area contributed by atoms with E-state index < -0.39 is 18.0 Å². The summed E-state index contributed by atoms with van der Waals surface area (Å²) in [4.78, 5) is 24.1. The second-order valence-electron chi connectivity index (χ2n) is 8.61. The molecule has 0 aliphatic rings. The fourth-order valence-corrected chi connectivity index (χ4v) is 3.97. The first-order valence-electron chi connectivity index (χ1n) is 11.8. The Labute approximate surface area is 214 Å². The molecule has 3 aromatic carbocycles. The first-order chi connectivity index (χ1) is 17.8. The molecule has 1 amide bonds. The molecule has 4 aromatic rings. The van der Waals surface area contributed by atoms with Crippen molar-refractivity contribution in [2.75, 3.05) is 12.4 Å². The summed E-state index contributed by atoms with van der Waals surface area (Å²) in [5.41, 5.74) is 4.89.